The van der Waals surface area contributed by atoms with E-state index in [2.05, 4.69) is 19.9 Å². The number of hydrogen-bond acceptors (Lipinski definition) is 2. The fourth-order valence-corrected chi connectivity index (χ4v) is 2.74. The van der Waals surface area contributed by atoms with E-state index in [9.17, 15) is 5.11 Å². The van der Waals surface area contributed by atoms with E-state index in [0.29, 0.717) is 5.75 Å². The van der Waals surface area contributed by atoms with Gasteiger partial charge in [-0.25, -0.2) is 0 Å². The quantitative estimate of drug-likeness (QED) is 0.747. The highest BCUT2D eigenvalue weighted by Gasteiger charge is 2.32. The molecule has 2 heteroatoms. The fourth-order valence-electron chi connectivity index (χ4n) is 2.74. The molecule has 0 saturated heterocycles. The largest absolute Gasteiger partial charge is 0.507 e. The van der Waals surface area contributed by atoms with Gasteiger partial charge in [-0.15, -0.1) is 0 Å². The first-order valence-corrected chi connectivity index (χ1v) is 5.91. The Morgan fingerprint density at radius 3 is 2.82 bits per heavy atom. The number of aromatic hydroxyl groups is 1. The summed E-state index contributed by atoms with van der Waals surface area (Å²) >= 11 is 0. The van der Waals surface area contributed by atoms with E-state index in [1.807, 2.05) is 19.1 Å². The first-order chi connectivity index (χ1) is 7.98. The van der Waals surface area contributed by atoms with Crippen LogP contribution in [0.3, 0.4) is 0 Å². The molecule has 1 heterocycles. The average Bonchev–Trinajstić information content (AvgIpc) is 2.52. The van der Waals surface area contributed by atoms with E-state index in [-0.39, 0.29) is 5.60 Å². The molecule has 1 aliphatic rings. The van der Waals surface area contributed by atoms with Crippen molar-refractivity contribution >= 4 is 10.8 Å². The maximum atomic E-state index is 9.96. The highest BCUT2D eigenvalue weighted by molar-refractivity contribution is 5.96. The fraction of sp³-hybridized carbons (Fsp3) is 0.333. The molecule has 0 bridgehead atoms. The van der Waals surface area contributed by atoms with Crippen molar-refractivity contribution in [2.75, 3.05) is 0 Å². The highest BCUT2D eigenvalue weighted by Crippen LogP contribution is 2.43. The summed E-state index contributed by atoms with van der Waals surface area (Å²) in [6, 6.07) is 7.74. The molecule has 1 aliphatic heterocycles. The van der Waals surface area contributed by atoms with Crippen LogP contribution in [0.4, 0.5) is 0 Å². The molecule has 3 rings (SSSR count). The minimum absolute atomic E-state index is 0.144. The van der Waals surface area contributed by atoms with Crippen molar-refractivity contribution in [2.24, 2.45) is 0 Å². The van der Waals surface area contributed by atoms with Crippen molar-refractivity contribution in [1.29, 1.82) is 0 Å². The summed E-state index contributed by atoms with van der Waals surface area (Å²) in [7, 11) is 0. The van der Waals surface area contributed by atoms with Crippen LogP contribution in [0.15, 0.2) is 24.3 Å². The molecule has 0 aromatic heterocycles. The van der Waals surface area contributed by atoms with Gasteiger partial charge >= 0.3 is 0 Å². The molecule has 0 saturated carbocycles. The second kappa shape index (κ2) is 3.16. The van der Waals surface area contributed by atoms with Crippen LogP contribution in [-0.4, -0.2) is 10.7 Å². The van der Waals surface area contributed by atoms with Gasteiger partial charge in [0.25, 0.3) is 0 Å². The predicted octanol–water partition coefficient (Wildman–Crippen LogP) is 3.57. The first-order valence-electron chi connectivity index (χ1n) is 5.91. The predicted molar refractivity (Wildman–Crippen MR) is 68.8 cm³/mol. The van der Waals surface area contributed by atoms with Crippen molar-refractivity contribution in [2.45, 2.75) is 32.8 Å². The maximum Gasteiger partial charge on any atom is 0.131 e. The number of ether oxygens (including phenoxy) is 1. The third-order valence-corrected chi connectivity index (χ3v) is 3.36. The van der Waals surface area contributed by atoms with Crippen LogP contribution in [0.25, 0.3) is 10.8 Å². The average molecular weight is 228 g/mol. The van der Waals surface area contributed by atoms with Gasteiger partial charge in [0, 0.05) is 17.2 Å². The van der Waals surface area contributed by atoms with E-state index >= 15 is 0 Å². The molecule has 0 fully saturated rings. The number of fused-ring (bicyclic) bond motifs is 3. The number of phenols is 1. The van der Waals surface area contributed by atoms with Gasteiger partial charge in [0.05, 0.1) is 0 Å². The molecule has 2 aromatic carbocycles. The zero-order chi connectivity index (χ0) is 12.2. The number of rotatable bonds is 0. The lowest BCUT2D eigenvalue weighted by Crippen LogP contribution is -2.24. The zero-order valence-corrected chi connectivity index (χ0v) is 10.4. The summed E-state index contributed by atoms with van der Waals surface area (Å²) in [5.74, 6) is 1.27. The van der Waals surface area contributed by atoms with Crippen molar-refractivity contribution in [3.05, 3.63) is 35.4 Å². The molecular weight excluding hydrogens is 212 g/mol. The second-order valence-corrected chi connectivity index (χ2v) is 5.42. The van der Waals surface area contributed by atoms with E-state index in [4.69, 9.17) is 4.74 Å². The molecule has 0 radical (unpaired) electrons. The van der Waals surface area contributed by atoms with Gasteiger partial charge in [0.2, 0.25) is 0 Å². The molecule has 0 amide bonds. The van der Waals surface area contributed by atoms with Crippen LogP contribution in [0, 0.1) is 6.92 Å². The van der Waals surface area contributed by atoms with Gasteiger partial charge in [-0.05, 0) is 38.0 Å². The molecule has 2 aromatic rings. The second-order valence-electron chi connectivity index (χ2n) is 5.42. The van der Waals surface area contributed by atoms with Crippen LogP contribution < -0.4 is 4.74 Å². The van der Waals surface area contributed by atoms with Crippen LogP contribution in [0.1, 0.15) is 25.0 Å². The lowest BCUT2D eigenvalue weighted by molar-refractivity contribution is 0.140. The number of benzene rings is 2. The topological polar surface area (TPSA) is 29.5 Å². The number of phenolic OH excluding ortho intramolecular Hbond substituents is 1. The van der Waals surface area contributed by atoms with Gasteiger partial charge in [-0.3, -0.25) is 0 Å². The molecule has 0 spiro atoms. The smallest absolute Gasteiger partial charge is 0.131 e. The minimum atomic E-state index is -0.144. The Morgan fingerprint density at radius 1 is 1.29 bits per heavy atom. The van der Waals surface area contributed by atoms with Crippen LogP contribution >= 0.6 is 0 Å². The van der Waals surface area contributed by atoms with Crippen molar-refractivity contribution in [1.82, 2.24) is 0 Å². The summed E-state index contributed by atoms with van der Waals surface area (Å²) in [6.45, 7) is 6.22. The third kappa shape index (κ3) is 1.47. The summed E-state index contributed by atoms with van der Waals surface area (Å²) < 4.78 is 6.01. The maximum absolute atomic E-state index is 9.96. The van der Waals surface area contributed by atoms with E-state index in [1.54, 1.807) is 6.07 Å². The number of hydrogen-bond donors (Lipinski definition) is 1. The summed E-state index contributed by atoms with van der Waals surface area (Å²) in [5.41, 5.74) is 2.21. The van der Waals surface area contributed by atoms with Gasteiger partial charge in [-0.2, -0.15) is 0 Å². The Labute approximate surface area is 101 Å². The Kier molecular flexibility index (Phi) is 1.94. The molecule has 88 valence electrons. The van der Waals surface area contributed by atoms with Crippen molar-refractivity contribution in [3.63, 3.8) is 0 Å². The minimum Gasteiger partial charge on any atom is -0.507 e. The Balaban J connectivity index is 2.38. The molecule has 0 unspecified atom stereocenters. The Morgan fingerprint density at radius 2 is 2.06 bits per heavy atom. The molecule has 17 heavy (non-hydrogen) atoms. The third-order valence-electron chi connectivity index (χ3n) is 3.36. The Hall–Kier alpha value is -1.70. The van der Waals surface area contributed by atoms with Crippen molar-refractivity contribution < 1.29 is 9.84 Å². The molecular formula is C15H16O2. The van der Waals surface area contributed by atoms with E-state index < -0.39 is 0 Å². The summed E-state index contributed by atoms with van der Waals surface area (Å²) in [4.78, 5) is 0. The molecule has 1 N–H and O–H groups in total. The first kappa shape index (κ1) is 10.5. The van der Waals surface area contributed by atoms with Crippen molar-refractivity contribution in [3.8, 4) is 11.5 Å². The normalized spacial score (nSPS) is 16.9. The zero-order valence-electron chi connectivity index (χ0n) is 10.4. The van der Waals surface area contributed by atoms with Gasteiger partial charge in [0.15, 0.2) is 0 Å². The Bertz CT molecular complexity index is 612. The number of aryl methyl sites for hydroxylation is 1. The van der Waals surface area contributed by atoms with E-state index in [1.165, 1.54) is 5.56 Å². The van der Waals surface area contributed by atoms with Gasteiger partial charge in [0.1, 0.15) is 17.1 Å². The molecule has 0 atom stereocenters. The van der Waals surface area contributed by atoms with Gasteiger partial charge < -0.3 is 9.84 Å². The summed E-state index contributed by atoms with van der Waals surface area (Å²) in [6.07, 6.45) is 0.925. The lowest BCUT2D eigenvalue weighted by Gasteiger charge is -2.17. The monoisotopic (exact) mass is 228 g/mol. The molecule has 0 aliphatic carbocycles. The van der Waals surface area contributed by atoms with Crippen LogP contribution in [0.2, 0.25) is 0 Å². The lowest BCUT2D eigenvalue weighted by atomic mass is 9.96. The van der Waals surface area contributed by atoms with Crippen LogP contribution in [-0.2, 0) is 6.42 Å². The summed E-state index contributed by atoms with van der Waals surface area (Å²) in [5, 5.41) is 11.9. The molecule has 2 nitrogen and oxygen atoms in total. The SMILES string of the molecule is Cc1cc2c(c3cccc(O)c13)OC(C)(C)C2. The van der Waals surface area contributed by atoms with Gasteiger partial charge in [-0.1, -0.05) is 18.2 Å². The highest BCUT2D eigenvalue weighted by atomic mass is 16.5. The van der Waals surface area contributed by atoms with E-state index in [0.717, 1.165) is 28.5 Å². The standard InChI is InChI=1S/C15H16O2/c1-9-7-10-8-15(2,3)17-14(10)11-5-4-6-12(16)13(9)11/h4-7,16H,8H2,1-3H3. The van der Waals surface area contributed by atoms with Crippen LogP contribution in [0.5, 0.6) is 11.5 Å².